The predicted molar refractivity (Wildman–Crippen MR) is 117 cm³/mol. The first-order valence-electron chi connectivity index (χ1n) is 9.03. The standard InChI is InChI=1S/C21H17N5OS2/c1-2-28-21-24-23-19(26(21)16-11-7-4-8-12-16)17(13-22)20-25(18(27)14-29-20)15-9-5-3-6-10-15/h3-12H,2,14H2,1H3/b20-17-. The van der Waals surface area contributed by atoms with Gasteiger partial charge in [-0.2, -0.15) is 5.26 Å². The molecule has 2 heterocycles. The Morgan fingerprint density at radius 3 is 2.38 bits per heavy atom. The number of rotatable bonds is 5. The van der Waals surface area contributed by atoms with Gasteiger partial charge in [-0.15, -0.1) is 10.2 Å². The summed E-state index contributed by atoms with van der Waals surface area (Å²) in [7, 11) is 0. The highest BCUT2D eigenvalue weighted by Crippen LogP contribution is 2.39. The van der Waals surface area contributed by atoms with Crippen LogP contribution >= 0.6 is 23.5 Å². The molecule has 1 amide bonds. The molecular weight excluding hydrogens is 402 g/mol. The maximum atomic E-state index is 12.6. The monoisotopic (exact) mass is 419 g/mol. The molecule has 1 aromatic heterocycles. The summed E-state index contributed by atoms with van der Waals surface area (Å²) in [6.07, 6.45) is 0. The second-order valence-corrected chi connectivity index (χ2v) is 8.25. The van der Waals surface area contributed by atoms with E-state index in [0.717, 1.165) is 17.1 Å². The first-order chi connectivity index (χ1) is 14.2. The van der Waals surface area contributed by atoms with E-state index in [1.807, 2.05) is 72.2 Å². The van der Waals surface area contributed by atoms with Crippen molar-refractivity contribution < 1.29 is 4.79 Å². The summed E-state index contributed by atoms with van der Waals surface area (Å²) in [5.74, 6) is 1.49. The van der Waals surface area contributed by atoms with Crippen LogP contribution in [0.25, 0.3) is 11.3 Å². The van der Waals surface area contributed by atoms with Gasteiger partial charge in [0.2, 0.25) is 5.91 Å². The first-order valence-corrected chi connectivity index (χ1v) is 11.0. The van der Waals surface area contributed by atoms with E-state index < -0.39 is 0 Å². The van der Waals surface area contributed by atoms with Gasteiger partial charge in [-0.3, -0.25) is 14.3 Å². The quantitative estimate of drug-likeness (QED) is 0.452. The lowest BCUT2D eigenvalue weighted by Crippen LogP contribution is -2.24. The number of anilines is 1. The number of carbonyl (C=O) groups excluding carboxylic acids is 1. The lowest BCUT2D eigenvalue weighted by atomic mass is 10.2. The third-order valence-corrected chi connectivity index (χ3v) is 6.13. The van der Waals surface area contributed by atoms with Crippen LogP contribution in [0.1, 0.15) is 12.7 Å². The minimum atomic E-state index is -0.0575. The lowest BCUT2D eigenvalue weighted by Gasteiger charge is -2.18. The molecule has 0 aliphatic carbocycles. The molecule has 0 radical (unpaired) electrons. The second-order valence-electron chi connectivity index (χ2n) is 6.06. The van der Waals surface area contributed by atoms with Crippen LogP contribution in [0.15, 0.2) is 70.8 Å². The highest BCUT2D eigenvalue weighted by atomic mass is 32.2. The van der Waals surface area contributed by atoms with E-state index in [0.29, 0.717) is 21.6 Å². The molecule has 1 aliphatic heterocycles. The summed E-state index contributed by atoms with van der Waals surface area (Å²) in [5.41, 5.74) is 1.94. The molecule has 4 rings (SSSR count). The van der Waals surface area contributed by atoms with Crippen LogP contribution in [-0.2, 0) is 4.79 Å². The average molecular weight is 420 g/mol. The first kappa shape index (κ1) is 19.3. The molecule has 2 aromatic carbocycles. The maximum Gasteiger partial charge on any atom is 0.242 e. The van der Waals surface area contributed by atoms with E-state index in [-0.39, 0.29) is 11.7 Å². The van der Waals surface area contributed by atoms with Crippen LogP contribution in [0.4, 0.5) is 5.69 Å². The van der Waals surface area contributed by atoms with Crippen LogP contribution < -0.4 is 4.90 Å². The molecule has 0 saturated carbocycles. The normalized spacial score (nSPS) is 15.4. The van der Waals surface area contributed by atoms with E-state index >= 15 is 0 Å². The fourth-order valence-corrected chi connectivity index (χ4v) is 4.74. The number of benzene rings is 2. The second kappa shape index (κ2) is 8.55. The molecule has 0 N–H and O–H groups in total. The number of para-hydroxylation sites is 2. The summed E-state index contributed by atoms with van der Waals surface area (Å²) >= 11 is 2.91. The van der Waals surface area contributed by atoms with Gasteiger partial charge in [0, 0.05) is 11.4 Å². The van der Waals surface area contributed by atoms with Gasteiger partial charge in [-0.25, -0.2) is 0 Å². The highest BCUT2D eigenvalue weighted by molar-refractivity contribution is 8.04. The Kier molecular flexibility index (Phi) is 5.69. The van der Waals surface area contributed by atoms with E-state index in [1.165, 1.54) is 11.8 Å². The zero-order chi connectivity index (χ0) is 20.2. The number of hydrogen-bond acceptors (Lipinski definition) is 6. The number of aromatic nitrogens is 3. The third kappa shape index (κ3) is 3.67. The molecule has 1 saturated heterocycles. The van der Waals surface area contributed by atoms with Gasteiger partial charge in [0.15, 0.2) is 11.0 Å². The van der Waals surface area contributed by atoms with Crippen molar-refractivity contribution >= 4 is 40.7 Å². The SMILES string of the molecule is CCSc1nnc(/C(C#N)=C2\SCC(=O)N2c2ccccc2)n1-c1ccccc1. The fourth-order valence-electron chi connectivity index (χ4n) is 3.05. The molecule has 29 heavy (non-hydrogen) atoms. The van der Waals surface area contributed by atoms with Crippen molar-refractivity contribution in [2.45, 2.75) is 12.1 Å². The molecule has 0 unspecified atom stereocenters. The Bertz CT molecular complexity index is 1100. The van der Waals surface area contributed by atoms with Gasteiger partial charge in [0.25, 0.3) is 0 Å². The number of amides is 1. The van der Waals surface area contributed by atoms with Crippen molar-refractivity contribution in [3.63, 3.8) is 0 Å². The van der Waals surface area contributed by atoms with Gasteiger partial charge in [-0.05, 0) is 30.0 Å². The summed E-state index contributed by atoms with van der Waals surface area (Å²) in [6.45, 7) is 2.04. The number of thioether (sulfide) groups is 2. The van der Waals surface area contributed by atoms with Crippen molar-refractivity contribution in [3.05, 3.63) is 71.5 Å². The van der Waals surface area contributed by atoms with Crippen LogP contribution in [0, 0.1) is 11.3 Å². The van der Waals surface area contributed by atoms with Crippen LogP contribution in [-0.4, -0.2) is 32.2 Å². The van der Waals surface area contributed by atoms with Gasteiger partial charge in [-0.1, -0.05) is 66.8 Å². The fraction of sp³-hybridized carbons (Fsp3) is 0.143. The van der Waals surface area contributed by atoms with Crippen LogP contribution in [0.3, 0.4) is 0 Å². The molecule has 0 bridgehead atoms. The molecule has 1 fully saturated rings. The van der Waals surface area contributed by atoms with Gasteiger partial charge >= 0.3 is 0 Å². The lowest BCUT2D eigenvalue weighted by molar-refractivity contribution is -0.115. The van der Waals surface area contributed by atoms with Crippen molar-refractivity contribution in [2.24, 2.45) is 0 Å². The van der Waals surface area contributed by atoms with Gasteiger partial charge in [0.1, 0.15) is 16.7 Å². The minimum Gasteiger partial charge on any atom is -0.273 e. The Morgan fingerprint density at radius 1 is 1.10 bits per heavy atom. The van der Waals surface area contributed by atoms with Crippen molar-refractivity contribution in [3.8, 4) is 11.8 Å². The van der Waals surface area contributed by atoms with Crippen molar-refractivity contribution in [1.82, 2.24) is 14.8 Å². The Labute approximate surface area is 177 Å². The minimum absolute atomic E-state index is 0.0575. The summed E-state index contributed by atoms with van der Waals surface area (Å²) < 4.78 is 1.88. The average Bonchev–Trinajstić information content (AvgIpc) is 3.34. The largest absolute Gasteiger partial charge is 0.273 e. The van der Waals surface area contributed by atoms with E-state index in [9.17, 15) is 10.1 Å². The molecule has 8 heteroatoms. The molecule has 3 aromatic rings. The smallest absolute Gasteiger partial charge is 0.242 e. The molecule has 0 spiro atoms. The summed E-state index contributed by atoms with van der Waals surface area (Å²) in [6, 6.07) is 21.3. The third-order valence-electron chi connectivity index (χ3n) is 4.27. The van der Waals surface area contributed by atoms with Crippen molar-refractivity contribution in [2.75, 3.05) is 16.4 Å². The zero-order valence-electron chi connectivity index (χ0n) is 15.6. The van der Waals surface area contributed by atoms with Gasteiger partial charge in [0.05, 0.1) is 5.75 Å². The molecule has 1 aliphatic rings. The van der Waals surface area contributed by atoms with Crippen LogP contribution in [0.5, 0.6) is 0 Å². The number of nitriles is 1. The molecule has 0 atom stereocenters. The highest BCUT2D eigenvalue weighted by Gasteiger charge is 2.33. The Hall–Kier alpha value is -3.02. The number of hydrogen-bond donors (Lipinski definition) is 0. The van der Waals surface area contributed by atoms with Crippen molar-refractivity contribution in [1.29, 1.82) is 5.26 Å². The van der Waals surface area contributed by atoms with E-state index in [2.05, 4.69) is 16.3 Å². The maximum absolute atomic E-state index is 12.6. The van der Waals surface area contributed by atoms with E-state index in [1.54, 1.807) is 16.7 Å². The number of nitrogens with zero attached hydrogens (tertiary/aromatic N) is 5. The molecule has 6 nitrogen and oxygen atoms in total. The topological polar surface area (TPSA) is 74.8 Å². The molecule has 144 valence electrons. The zero-order valence-corrected chi connectivity index (χ0v) is 17.3. The Balaban J connectivity index is 1.91. The van der Waals surface area contributed by atoms with E-state index in [4.69, 9.17) is 0 Å². The summed E-state index contributed by atoms with van der Waals surface area (Å²) in [4.78, 5) is 14.2. The Morgan fingerprint density at radius 2 is 1.76 bits per heavy atom. The van der Waals surface area contributed by atoms with Crippen LogP contribution in [0.2, 0.25) is 0 Å². The number of carbonyl (C=O) groups is 1. The number of allylic oxidation sites excluding steroid dienone is 1. The predicted octanol–water partition coefficient (Wildman–Crippen LogP) is 4.35. The summed E-state index contributed by atoms with van der Waals surface area (Å²) in [5, 5.41) is 20.0. The van der Waals surface area contributed by atoms with Gasteiger partial charge < -0.3 is 0 Å². The molecular formula is C21H17N5OS2.